The van der Waals surface area contributed by atoms with Gasteiger partial charge in [0, 0.05) is 27.1 Å². The molecule has 8 heteroatoms. The van der Waals surface area contributed by atoms with Crippen molar-refractivity contribution in [2.45, 2.75) is 42.0 Å². The standard InChI is InChI=1S/C29H24Cl2N2O2S2/c30-20-9-4-8-19(25(20)31)24-23-16-11-12-17(13-16)26(23)36-28-27(24)37-29(35)33(28)14-22(34)32-21-10-3-6-15-5-1-2-7-18(15)21/h1-10,16-17,23-24,26H,11-14H2,(H,32,34)/t16-,17-,23-,24-,26+/m0/s1. The highest BCUT2D eigenvalue weighted by molar-refractivity contribution is 8.00. The Labute approximate surface area is 233 Å². The maximum atomic E-state index is 13.4. The van der Waals surface area contributed by atoms with Crippen LogP contribution in [-0.4, -0.2) is 15.7 Å². The maximum Gasteiger partial charge on any atom is 0.308 e. The number of hydrogen-bond donors (Lipinski definition) is 1. The molecule has 5 atom stereocenters. The van der Waals surface area contributed by atoms with E-state index in [-0.39, 0.29) is 23.2 Å². The third-order valence-corrected chi connectivity index (χ3v) is 12.0. The summed E-state index contributed by atoms with van der Waals surface area (Å²) in [7, 11) is 0. The van der Waals surface area contributed by atoms with Gasteiger partial charge in [0.05, 0.1) is 15.1 Å². The smallest absolute Gasteiger partial charge is 0.308 e. The fraction of sp³-hybridized carbons (Fsp3) is 0.310. The van der Waals surface area contributed by atoms with Crippen molar-refractivity contribution < 1.29 is 4.79 Å². The second-order valence-corrected chi connectivity index (χ2v) is 13.3. The molecule has 2 aliphatic carbocycles. The van der Waals surface area contributed by atoms with Crippen LogP contribution in [-0.2, 0) is 11.3 Å². The number of nitrogens with one attached hydrogen (secondary N) is 1. The number of carbonyl (C=O) groups excluding carboxylic acids is 1. The number of nitrogens with zero attached hydrogens (tertiary/aromatic N) is 1. The molecule has 2 saturated carbocycles. The van der Waals surface area contributed by atoms with Crippen LogP contribution in [0.4, 0.5) is 5.69 Å². The Morgan fingerprint density at radius 1 is 1.00 bits per heavy atom. The lowest BCUT2D eigenvalue weighted by atomic mass is 9.75. The van der Waals surface area contributed by atoms with E-state index in [2.05, 4.69) is 11.4 Å². The van der Waals surface area contributed by atoms with Crippen LogP contribution in [0.5, 0.6) is 0 Å². The predicted molar refractivity (Wildman–Crippen MR) is 153 cm³/mol. The van der Waals surface area contributed by atoms with E-state index in [9.17, 15) is 9.59 Å². The average molecular weight is 568 g/mol. The number of anilines is 1. The van der Waals surface area contributed by atoms with Crippen molar-refractivity contribution in [3.63, 3.8) is 0 Å². The van der Waals surface area contributed by atoms with E-state index < -0.39 is 0 Å². The van der Waals surface area contributed by atoms with E-state index >= 15 is 0 Å². The number of amides is 1. The molecule has 0 unspecified atom stereocenters. The first kappa shape index (κ1) is 23.8. The van der Waals surface area contributed by atoms with Crippen LogP contribution in [0.25, 0.3) is 10.8 Å². The molecule has 3 aliphatic rings. The molecular weight excluding hydrogens is 543 g/mol. The average Bonchev–Trinajstić information content (AvgIpc) is 3.59. The number of halogens is 2. The molecule has 188 valence electrons. The largest absolute Gasteiger partial charge is 0.324 e. The van der Waals surface area contributed by atoms with Crippen molar-refractivity contribution in [1.29, 1.82) is 0 Å². The van der Waals surface area contributed by atoms with Crippen molar-refractivity contribution >= 4 is 68.7 Å². The molecule has 0 radical (unpaired) electrons. The molecule has 1 aliphatic heterocycles. The molecule has 0 spiro atoms. The summed E-state index contributed by atoms with van der Waals surface area (Å²) >= 11 is 16.3. The molecule has 1 aromatic heterocycles. The van der Waals surface area contributed by atoms with E-state index in [1.54, 1.807) is 4.57 Å². The van der Waals surface area contributed by atoms with Crippen LogP contribution >= 0.6 is 46.3 Å². The highest BCUT2D eigenvalue weighted by Gasteiger charge is 2.55. The predicted octanol–water partition coefficient (Wildman–Crippen LogP) is 7.66. The molecule has 2 fully saturated rings. The van der Waals surface area contributed by atoms with Crippen molar-refractivity contribution in [1.82, 2.24) is 4.57 Å². The molecule has 0 saturated heterocycles. The summed E-state index contributed by atoms with van der Waals surface area (Å²) in [6.45, 7) is -0.0115. The van der Waals surface area contributed by atoms with Crippen LogP contribution in [0.3, 0.4) is 0 Å². The van der Waals surface area contributed by atoms with Crippen molar-refractivity contribution in [2.24, 2.45) is 17.8 Å². The first-order valence-electron chi connectivity index (χ1n) is 12.6. The number of thioether (sulfide) groups is 1. The highest BCUT2D eigenvalue weighted by atomic mass is 35.5. The molecule has 1 N–H and O–H groups in total. The molecule has 4 nitrogen and oxygen atoms in total. The number of hydrogen-bond acceptors (Lipinski definition) is 4. The van der Waals surface area contributed by atoms with Gasteiger partial charge in [-0.2, -0.15) is 0 Å². The van der Waals surface area contributed by atoms with Gasteiger partial charge in [-0.1, -0.05) is 83.1 Å². The zero-order valence-corrected chi connectivity index (χ0v) is 23.0. The molecule has 7 rings (SSSR count). The lowest BCUT2D eigenvalue weighted by Gasteiger charge is -2.40. The molecule has 37 heavy (non-hydrogen) atoms. The lowest BCUT2D eigenvalue weighted by Crippen LogP contribution is -2.35. The topological polar surface area (TPSA) is 51.1 Å². The minimum absolute atomic E-state index is 0.0115. The van der Waals surface area contributed by atoms with Crippen LogP contribution < -0.4 is 10.2 Å². The summed E-state index contributed by atoms with van der Waals surface area (Å²) in [5.74, 6) is 1.54. The summed E-state index contributed by atoms with van der Waals surface area (Å²) in [6.07, 6.45) is 3.71. The Morgan fingerprint density at radius 3 is 2.68 bits per heavy atom. The van der Waals surface area contributed by atoms with Crippen LogP contribution in [0.15, 0.2) is 70.5 Å². The third kappa shape index (κ3) is 3.87. The maximum absolute atomic E-state index is 13.4. The summed E-state index contributed by atoms with van der Waals surface area (Å²) in [4.78, 5) is 27.6. The molecule has 3 aromatic carbocycles. The highest BCUT2D eigenvalue weighted by Crippen LogP contribution is 2.64. The molecular formula is C29H24Cl2N2O2S2. The minimum Gasteiger partial charge on any atom is -0.324 e. The van der Waals surface area contributed by atoms with Gasteiger partial charge in [0.25, 0.3) is 0 Å². The van der Waals surface area contributed by atoms with E-state index in [0.29, 0.717) is 33.0 Å². The lowest BCUT2D eigenvalue weighted by molar-refractivity contribution is -0.116. The Morgan fingerprint density at radius 2 is 1.78 bits per heavy atom. The fourth-order valence-electron chi connectivity index (χ4n) is 6.86. The van der Waals surface area contributed by atoms with Gasteiger partial charge in [-0.15, -0.1) is 11.8 Å². The van der Waals surface area contributed by atoms with Crippen molar-refractivity contribution in [3.05, 3.63) is 90.8 Å². The Kier molecular flexibility index (Phi) is 5.92. The summed E-state index contributed by atoms with van der Waals surface area (Å²) in [5.41, 5.74) is 1.76. The van der Waals surface area contributed by atoms with Gasteiger partial charge in [-0.05, 0) is 60.1 Å². The summed E-state index contributed by atoms with van der Waals surface area (Å²) < 4.78 is 1.68. The van der Waals surface area contributed by atoms with Crippen molar-refractivity contribution in [2.75, 3.05) is 5.32 Å². The Bertz CT molecular complexity index is 1610. The summed E-state index contributed by atoms with van der Waals surface area (Å²) in [5, 5.41) is 7.56. The van der Waals surface area contributed by atoms with Gasteiger partial charge in [0.1, 0.15) is 6.54 Å². The Hall–Kier alpha value is -2.25. The number of thiazole rings is 1. The SMILES string of the molecule is O=C(Cn1c2c(sc1=O)[C@@H](c1cccc(Cl)c1Cl)[C@@H]1[C@H]3CC[C@@H](C3)[C@H]1S2)Nc1cccc2ccccc12. The number of benzene rings is 3. The molecule has 4 aromatic rings. The minimum atomic E-state index is -0.202. The van der Waals surface area contributed by atoms with Crippen LogP contribution in [0.1, 0.15) is 35.6 Å². The van der Waals surface area contributed by atoms with Gasteiger partial charge >= 0.3 is 4.87 Å². The summed E-state index contributed by atoms with van der Waals surface area (Å²) in [6, 6.07) is 19.6. The quantitative estimate of drug-likeness (QED) is 0.276. The number of fused-ring (bicyclic) bond motifs is 7. The third-order valence-electron chi connectivity index (χ3n) is 8.37. The van der Waals surface area contributed by atoms with Gasteiger partial charge < -0.3 is 5.32 Å². The number of rotatable bonds is 4. The molecule has 2 heterocycles. The van der Waals surface area contributed by atoms with Crippen molar-refractivity contribution in [3.8, 4) is 0 Å². The molecule has 1 amide bonds. The van der Waals surface area contributed by atoms with Gasteiger partial charge in [0.15, 0.2) is 0 Å². The van der Waals surface area contributed by atoms with E-state index in [0.717, 1.165) is 31.9 Å². The zero-order valence-electron chi connectivity index (χ0n) is 19.8. The molecule has 2 bridgehead atoms. The monoisotopic (exact) mass is 566 g/mol. The van der Waals surface area contributed by atoms with E-state index in [1.807, 2.05) is 66.4 Å². The fourth-order valence-corrected chi connectivity index (χ4v) is 10.4. The van der Waals surface area contributed by atoms with Crippen LogP contribution in [0, 0.1) is 17.8 Å². The first-order valence-corrected chi connectivity index (χ1v) is 15.1. The Balaban J connectivity index is 1.27. The number of aromatic nitrogens is 1. The second kappa shape index (κ2) is 9.19. The van der Waals surface area contributed by atoms with Gasteiger partial charge in [-0.3, -0.25) is 14.2 Å². The van der Waals surface area contributed by atoms with E-state index in [4.69, 9.17) is 23.2 Å². The zero-order chi connectivity index (χ0) is 25.3. The van der Waals surface area contributed by atoms with E-state index in [1.165, 1.54) is 30.6 Å². The van der Waals surface area contributed by atoms with Gasteiger partial charge in [-0.25, -0.2) is 0 Å². The number of carbonyl (C=O) groups is 1. The second-order valence-electron chi connectivity index (χ2n) is 10.3. The first-order chi connectivity index (χ1) is 18.0. The normalized spacial score (nSPS) is 25.7. The van der Waals surface area contributed by atoms with Crippen LogP contribution in [0.2, 0.25) is 10.0 Å². The van der Waals surface area contributed by atoms with Gasteiger partial charge in [0.2, 0.25) is 5.91 Å².